The zero-order valence-corrected chi connectivity index (χ0v) is 17.0. The van der Waals surface area contributed by atoms with Crippen molar-refractivity contribution < 1.29 is 22.7 Å². The Morgan fingerprint density at radius 2 is 1.77 bits per heavy atom. The molecule has 0 heterocycles. The Morgan fingerprint density at radius 3 is 2.30 bits per heavy atom. The molecule has 6 nitrogen and oxygen atoms in total. The first kappa shape index (κ1) is 23.0. The molecule has 158 valence electrons. The van der Waals surface area contributed by atoms with Gasteiger partial charge in [0.05, 0.1) is 17.2 Å². The van der Waals surface area contributed by atoms with Gasteiger partial charge in [0.25, 0.3) is 5.91 Å². The van der Waals surface area contributed by atoms with Gasteiger partial charge in [-0.2, -0.15) is 18.4 Å². The van der Waals surface area contributed by atoms with Gasteiger partial charge in [-0.05, 0) is 56.3 Å². The highest BCUT2D eigenvalue weighted by Gasteiger charge is 2.35. The second-order valence-electron chi connectivity index (χ2n) is 6.59. The number of hydrogen-bond acceptors (Lipinski definition) is 4. The molecular formula is C20H18ClF3N4O2. The van der Waals surface area contributed by atoms with Crippen LogP contribution in [-0.4, -0.2) is 24.4 Å². The van der Waals surface area contributed by atoms with Crippen LogP contribution in [-0.2, 0) is 11.0 Å². The Hall–Kier alpha value is -3.25. The van der Waals surface area contributed by atoms with Gasteiger partial charge in [-0.3, -0.25) is 20.6 Å². The number of nitrogens with one attached hydrogen (secondary N) is 2. The third-order valence-electron chi connectivity index (χ3n) is 3.96. The van der Waals surface area contributed by atoms with E-state index < -0.39 is 23.2 Å². The number of rotatable bonds is 4. The molecule has 0 aliphatic heterocycles. The van der Waals surface area contributed by atoms with E-state index >= 15 is 0 Å². The van der Waals surface area contributed by atoms with E-state index in [-0.39, 0.29) is 17.0 Å². The van der Waals surface area contributed by atoms with Gasteiger partial charge in [-0.1, -0.05) is 11.6 Å². The summed E-state index contributed by atoms with van der Waals surface area (Å²) in [5, 5.41) is 9.37. The van der Waals surface area contributed by atoms with E-state index in [4.69, 9.17) is 21.6 Å². The first-order chi connectivity index (χ1) is 14.0. The van der Waals surface area contributed by atoms with Crippen molar-refractivity contribution in [1.82, 2.24) is 10.9 Å². The highest BCUT2D eigenvalue weighted by atomic mass is 35.5. The number of aliphatic imine (C=N–C) groups is 1. The van der Waals surface area contributed by atoms with Crippen molar-refractivity contribution in [2.75, 3.05) is 7.05 Å². The fraction of sp³-hybridized carbons (Fsp3) is 0.250. The van der Waals surface area contributed by atoms with Crippen LogP contribution in [0.4, 0.5) is 13.2 Å². The normalized spacial score (nSPS) is 12.1. The van der Waals surface area contributed by atoms with E-state index in [9.17, 15) is 18.0 Å². The van der Waals surface area contributed by atoms with Gasteiger partial charge in [0.15, 0.2) is 5.60 Å². The number of amides is 1. The number of hydrazine groups is 1. The monoisotopic (exact) mass is 438 g/mol. The minimum atomic E-state index is -4.72. The summed E-state index contributed by atoms with van der Waals surface area (Å²) in [7, 11) is 1.27. The summed E-state index contributed by atoms with van der Waals surface area (Å²) in [4.78, 5) is 16.3. The van der Waals surface area contributed by atoms with E-state index in [1.165, 1.54) is 27.0 Å². The van der Waals surface area contributed by atoms with E-state index in [2.05, 4.69) is 15.8 Å². The van der Waals surface area contributed by atoms with Gasteiger partial charge in [0, 0.05) is 17.6 Å². The summed E-state index contributed by atoms with van der Waals surface area (Å²) in [5.74, 6) is -0.501. The van der Waals surface area contributed by atoms with Gasteiger partial charge in [0.2, 0.25) is 0 Å². The number of carbonyl (C=O) groups excluding carboxylic acids is 1. The van der Waals surface area contributed by atoms with E-state index in [1.807, 2.05) is 0 Å². The standard InChI is InChI=1S/C20H18ClF3N4O2/c1-19(2,30-14-7-5-13(21)6-8-14)18(29)28-27-17(26-3)15-9-4-12(11-25)10-16(15)20(22,23)24/h4-10H,1-3H3,(H,26,27)(H,28,29). The number of nitrogens with zero attached hydrogens (tertiary/aromatic N) is 2. The molecule has 2 N–H and O–H groups in total. The molecule has 0 spiro atoms. The molecule has 2 rings (SSSR count). The van der Waals surface area contributed by atoms with E-state index in [0.717, 1.165) is 12.1 Å². The summed E-state index contributed by atoms with van der Waals surface area (Å²) in [6, 6.07) is 11.1. The Morgan fingerprint density at radius 1 is 1.13 bits per heavy atom. The highest BCUT2D eigenvalue weighted by Crippen LogP contribution is 2.32. The second kappa shape index (κ2) is 9.05. The molecule has 0 saturated carbocycles. The molecule has 0 aliphatic rings. The van der Waals surface area contributed by atoms with Crippen molar-refractivity contribution in [1.29, 1.82) is 5.26 Å². The number of ether oxygens (including phenoxy) is 1. The lowest BCUT2D eigenvalue weighted by atomic mass is 10.0. The number of halogens is 4. The number of hydrogen-bond donors (Lipinski definition) is 2. The van der Waals surface area contributed by atoms with Crippen molar-refractivity contribution in [3.05, 3.63) is 64.2 Å². The molecule has 0 unspecified atom stereocenters. The third-order valence-corrected chi connectivity index (χ3v) is 4.21. The lowest BCUT2D eigenvalue weighted by molar-refractivity contribution is -0.137. The van der Waals surface area contributed by atoms with Crippen molar-refractivity contribution >= 4 is 23.3 Å². The molecule has 0 fully saturated rings. The minimum Gasteiger partial charge on any atom is -0.478 e. The van der Waals surface area contributed by atoms with Crippen LogP contribution in [0.1, 0.15) is 30.5 Å². The predicted molar refractivity (Wildman–Crippen MR) is 106 cm³/mol. The summed E-state index contributed by atoms with van der Waals surface area (Å²) in [6.07, 6.45) is -4.72. The van der Waals surface area contributed by atoms with Crippen molar-refractivity contribution in [2.45, 2.75) is 25.6 Å². The van der Waals surface area contributed by atoms with Gasteiger partial charge >= 0.3 is 6.18 Å². The van der Waals surface area contributed by atoms with Crippen molar-refractivity contribution in [3.8, 4) is 11.8 Å². The van der Waals surface area contributed by atoms with Crippen LogP contribution in [0.2, 0.25) is 5.02 Å². The average Bonchev–Trinajstić information content (AvgIpc) is 2.69. The van der Waals surface area contributed by atoms with Crippen LogP contribution in [0, 0.1) is 11.3 Å². The molecule has 0 aromatic heterocycles. The number of carbonyl (C=O) groups is 1. The van der Waals surface area contributed by atoms with Gasteiger partial charge in [0.1, 0.15) is 11.6 Å². The molecule has 2 aromatic rings. The van der Waals surface area contributed by atoms with Crippen LogP contribution < -0.4 is 15.6 Å². The molecule has 0 bridgehead atoms. The van der Waals surface area contributed by atoms with E-state index in [1.54, 1.807) is 30.3 Å². The van der Waals surface area contributed by atoms with Crippen LogP contribution in [0.25, 0.3) is 0 Å². The molecular weight excluding hydrogens is 421 g/mol. The van der Waals surface area contributed by atoms with Crippen molar-refractivity contribution in [3.63, 3.8) is 0 Å². The maximum Gasteiger partial charge on any atom is 0.417 e. The minimum absolute atomic E-state index is 0.150. The molecule has 30 heavy (non-hydrogen) atoms. The first-order valence-electron chi connectivity index (χ1n) is 8.57. The largest absolute Gasteiger partial charge is 0.478 e. The zero-order valence-electron chi connectivity index (χ0n) is 16.3. The lowest BCUT2D eigenvalue weighted by Gasteiger charge is -2.26. The van der Waals surface area contributed by atoms with E-state index in [0.29, 0.717) is 10.8 Å². The molecule has 1 amide bonds. The molecule has 10 heteroatoms. The number of alkyl halides is 3. The lowest BCUT2D eigenvalue weighted by Crippen LogP contribution is -2.53. The van der Waals surface area contributed by atoms with Crippen molar-refractivity contribution in [2.24, 2.45) is 4.99 Å². The number of nitriles is 1. The average molecular weight is 439 g/mol. The Labute approximate surface area is 176 Å². The molecule has 0 saturated heterocycles. The molecule has 0 aliphatic carbocycles. The quantitative estimate of drug-likeness (QED) is 0.428. The molecule has 2 aromatic carbocycles. The fourth-order valence-corrected chi connectivity index (χ4v) is 2.53. The summed E-state index contributed by atoms with van der Waals surface area (Å²) in [5.41, 5.74) is 1.82. The third kappa shape index (κ3) is 5.64. The maximum atomic E-state index is 13.4. The number of benzene rings is 2. The summed E-state index contributed by atoms with van der Waals surface area (Å²) in [6.45, 7) is 2.98. The fourth-order valence-electron chi connectivity index (χ4n) is 2.41. The van der Waals surface area contributed by atoms with Gasteiger partial charge < -0.3 is 4.74 Å². The SMILES string of the molecule is CN=C(NNC(=O)C(C)(C)Oc1ccc(Cl)cc1)c1ccc(C#N)cc1C(F)(F)F. The van der Waals surface area contributed by atoms with Gasteiger partial charge in [-0.25, -0.2) is 0 Å². The maximum absolute atomic E-state index is 13.4. The Balaban J connectivity index is 2.18. The number of amidine groups is 1. The van der Waals surface area contributed by atoms with Gasteiger partial charge in [-0.15, -0.1) is 0 Å². The Bertz CT molecular complexity index is 997. The second-order valence-corrected chi connectivity index (χ2v) is 7.02. The van der Waals surface area contributed by atoms with Crippen LogP contribution >= 0.6 is 11.6 Å². The van der Waals surface area contributed by atoms with Crippen LogP contribution in [0.3, 0.4) is 0 Å². The van der Waals surface area contributed by atoms with Crippen LogP contribution in [0.15, 0.2) is 47.5 Å². The highest BCUT2D eigenvalue weighted by molar-refractivity contribution is 6.30. The molecule has 0 atom stereocenters. The summed E-state index contributed by atoms with van der Waals surface area (Å²) >= 11 is 5.81. The smallest absolute Gasteiger partial charge is 0.417 e. The zero-order chi connectivity index (χ0) is 22.5. The molecule has 0 radical (unpaired) electrons. The predicted octanol–water partition coefficient (Wildman–Crippen LogP) is 4.09. The Kier molecular flexibility index (Phi) is 6.95. The first-order valence-corrected chi connectivity index (χ1v) is 8.95. The topological polar surface area (TPSA) is 86.5 Å². The summed E-state index contributed by atoms with van der Waals surface area (Å²) < 4.78 is 45.9. The van der Waals surface area contributed by atoms with Crippen LogP contribution in [0.5, 0.6) is 5.75 Å².